The van der Waals surface area contributed by atoms with Crippen molar-refractivity contribution < 1.29 is 18.0 Å². The first-order chi connectivity index (χ1) is 13.3. The van der Waals surface area contributed by atoms with Crippen molar-refractivity contribution in [3.05, 3.63) is 89.1 Å². The Morgan fingerprint density at radius 2 is 1.79 bits per heavy atom. The number of amides is 1. The highest BCUT2D eigenvalue weighted by atomic mass is 19.4. The number of aromatic nitrogens is 1. The number of pyridine rings is 1. The van der Waals surface area contributed by atoms with Crippen LogP contribution in [-0.4, -0.2) is 10.9 Å². The summed E-state index contributed by atoms with van der Waals surface area (Å²) in [6.45, 7) is 2.56. The number of rotatable bonds is 5. The van der Waals surface area contributed by atoms with Gasteiger partial charge in [-0.1, -0.05) is 29.8 Å². The third kappa shape index (κ3) is 5.09. The van der Waals surface area contributed by atoms with E-state index in [9.17, 15) is 18.0 Å². The van der Waals surface area contributed by atoms with Crippen LogP contribution in [0.5, 0.6) is 0 Å². The van der Waals surface area contributed by atoms with Gasteiger partial charge in [-0.15, -0.1) is 0 Å². The highest BCUT2D eigenvalue weighted by Crippen LogP contribution is 2.29. The molecule has 4 nitrogen and oxygen atoms in total. The first-order valence-corrected chi connectivity index (χ1v) is 8.55. The van der Waals surface area contributed by atoms with Crippen LogP contribution in [-0.2, 0) is 12.7 Å². The highest BCUT2D eigenvalue weighted by Gasteiger charge is 2.30. The summed E-state index contributed by atoms with van der Waals surface area (Å²) in [7, 11) is 0. The minimum atomic E-state index is -4.41. The summed E-state index contributed by atoms with van der Waals surface area (Å²) >= 11 is 0. The van der Waals surface area contributed by atoms with Gasteiger partial charge < -0.3 is 10.6 Å². The van der Waals surface area contributed by atoms with E-state index in [0.29, 0.717) is 17.9 Å². The van der Waals surface area contributed by atoms with Crippen molar-refractivity contribution in [2.24, 2.45) is 0 Å². The molecule has 144 valence electrons. The Kier molecular flexibility index (Phi) is 5.63. The monoisotopic (exact) mass is 385 g/mol. The second-order valence-electron chi connectivity index (χ2n) is 6.30. The summed E-state index contributed by atoms with van der Waals surface area (Å²) in [4.78, 5) is 16.6. The number of hydrogen-bond donors (Lipinski definition) is 2. The summed E-state index contributed by atoms with van der Waals surface area (Å²) in [5, 5.41) is 5.74. The number of alkyl halides is 3. The van der Waals surface area contributed by atoms with Crippen molar-refractivity contribution >= 4 is 17.4 Å². The molecular formula is C21H18F3N3O. The van der Waals surface area contributed by atoms with Gasteiger partial charge in [0.05, 0.1) is 5.56 Å². The number of carbonyl (C=O) groups is 1. The molecule has 2 aromatic carbocycles. The Morgan fingerprint density at radius 1 is 1.04 bits per heavy atom. The molecule has 0 aliphatic heterocycles. The van der Waals surface area contributed by atoms with Crippen molar-refractivity contribution in [1.29, 1.82) is 0 Å². The quantitative estimate of drug-likeness (QED) is 0.629. The Morgan fingerprint density at radius 3 is 2.46 bits per heavy atom. The molecule has 3 aromatic rings. The molecule has 0 aliphatic carbocycles. The SMILES string of the molecule is Cc1cccc(CNc2cc(C(=O)Nc3ccc(C(F)(F)F)cc3)ccn2)c1. The number of aryl methyl sites for hydroxylation is 1. The fourth-order valence-electron chi connectivity index (χ4n) is 2.63. The Bertz CT molecular complexity index is 969. The highest BCUT2D eigenvalue weighted by molar-refractivity contribution is 6.04. The Balaban J connectivity index is 1.65. The van der Waals surface area contributed by atoms with Crippen LogP contribution >= 0.6 is 0 Å². The fraction of sp³-hybridized carbons (Fsp3) is 0.143. The predicted molar refractivity (Wildman–Crippen MR) is 102 cm³/mol. The molecule has 0 bridgehead atoms. The minimum Gasteiger partial charge on any atom is -0.366 e. The van der Waals surface area contributed by atoms with Gasteiger partial charge in [0.1, 0.15) is 5.82 Å². The molecule has 0 atom stereocenters. The van der Waals surface area contributed by atoms with Gasteiger partial charge in [-0.2, -0.15) is 13.2 Å². The van der Waals surface area contributed by atoms with E-state index in [4.69, 9.17) is 0 Å². The second-order valence-corrected chi connectivity index (χ2v) is 6.30. The minimum absolute atomic E-state index is 0.282. The van der Waals surface area contributed by atoms with Crippen LogP contribution in [0.2, 0.25) is 0 Å². The summed E-state index contributed by atoms with van der Waals surface area (Å²) in [6.07, 6.45) is -2.91. The second kappa shape index (κ2) is 8.12. The van der Waals surface area contributed by atoms with Crippen molar-refractivity contribution in [2.75, 3.05) is 10.6 Å². The van der Waals surface area contributed by atoms with Gasteiger partial charge >= 0.3 is 6.18 Å². The molecule has 0 aliphatic rings. The van der Waals surface area contributed by atoms with Gasteiger partial charge in [0, 0.05) is 24.0 Å². The fourth-order valence-corrected chi connectivity index (χ4v) is 2.63. The molecule has 7 heteroatoms. The van der Waals surface area contributed by atoms with Crippen LogP contribution in [0.4, 0.5) is 24.7 Å². The van der Waals surface area contributed by atoms with Crippen LogP contribution < -0.4 is 10.6 Å². The number of hydrogen-bond acceptors (Lipinski definition) is 3. The lowest BCUT2D eigenvalue weighted by molar-refractivity contribution is -0.137. The maximum Gasteiger partial charge on any atom is 0.416 e. The summed E-state index contributed by atoms with van der Waals surface area (Å²) in [6, 6.07) is 15.4. The Labute approximate surface area is 160 Å². The summed E-state index contributed by atoms with van der Waals surface area (Å²) in [5.41, 5.74) is 2.10. The predicted octanol–water partition coefficient (Wildman–Crippen LogP) is 5.27. The van der Waals surface area contributed by atoms with Gasteiger partial charge in [0.2, 0.25) is 0 Å². The zero-order valence-electron chi connectivity index (χ0n) is 15.0. The average molecular weight is 385 g/mol. The van der Waals surface area contributed by atoms with Crippen molar-refractivity contribution in [3.63, 3.8) is 0 Å². The van der Waals surface area contributed by atoms with Crippen LogP contribution in [0.25, 0.3) is 0 Å². The normalized spacial score (nSPS) is 11.1. The van der Waals surface area contributed by atoms with Crippen LogP contribution in [0.1, 0.15) is 27.0 Å². The lowest BCUT2D eigenvalue weighted by Gasteiger charge is -2.10. The zero-order chi connectivity index (χ0) is 20.1. The zero-order valence-corrected chi connectivity index (χ0v) is 15.0. The largest absolute Gasteiger partial charge is 0.416 e. The standard InChI is InChI=1S/C21H18F3N3O/c1-14-3-2-4-15(11-14)13-26-19-12-16(9-10-25-19)20(28)27-18-7-5-17(6-8-18)21(22,23)24/h2-12H,13H2,1H3,(H,25,26)(H,27,28). The lowest BCUT2D eigenvalue weighted by atomic mass is 10.1. The van der Waals surface area contributed by atoms with Crippen molar-refractivity contribution in [2.45, 2.75) is 19.6 Å². The molecule has 0 saturated carbocycles. The third-order valence-electron chi connectivity index (χ3n) is 4.05. The first-order valence-electron chi connectivity index (χ1n) is 8.55. The van der Waals surface area contributed by atoms with E-state index in [2.05, 4.69) is 15.6 Å². The topological polar surface area (TPSA) is 54.0 Å². The van der Waals surface area contributed by atoms with Gasteiger partial charge in [0.15, 0.2) is 0 Å². The first kappa shape index (κ1) is 19.4. The van der Waals surface area contributed by atoms with E-state index in [-0.39, 0.29) is 5.69 Å². The van der Waals surface area contributed by atoms with E-state index in [0.717, 1.165) is 23.3 Å². The van der Waals surface area contributed by atoms with Gasteiger partial charge in [-0.05, 0) is 48.9 Å². The molecule has 0 radical (unpaired) electrons. The van der Waals surface area contributed by atoms with E-state index >= 15 is 0 Å². The number of benzene rings is 2. The molecule has 1 aromatic heterocycles. The van der Waals surface area contributed by atoms with Gasteiger partial charge in [-0.3, -0.25) is 4.79 Å². The maximum atomic E-state index is 12.6. The van der Waals surface area contributed by atoms with Gasteiger partial charge in [-0.25, -0.2) is 4.98 Å². The van der Waals surface area contributed by atoms with E-state index in [1.165, 1.54) is 24.4 Å². The van der Waals surface area contributed by atoms with E-state index < -0.39 is 17.6 Å². The van der Waals surface area contributed by atoms with E-state index in [1.807, 2.05) is 31.2 Å². The maximum absolute atomic E-state index is 12.6. The van der Waals surface area contributed by atoms with Crippen molar-refractivity contribution in [3.8, 4) is 0 Å². The van der Waals surface area contributed by atoms with E-state index in [1.54, 1.807) is 6.07 Å². The summed E-state index contributed by atoms with van der Waals surface area (Å²) < 4.78 is 37.8. The number of nitrogens with zero attached hydrogens (tertiary/aromatic N) is 1. The molecular weight excluding hydrogens is 367 g/mol. The van der Waals surface area contributed by atoms with Crippen molar-refractivity contribution in [1.82, 2.24) is 4.98 Å². The number of anilines is 2. The number of carbonyl (C=O) groups excluding carboxylic acids is 1. The molecule has 0 spiro atoms. The van der Waals surface area contributed by atoms with Crippen LogP contribution in [0.3, 0.4) is 0 Å². The molecule has 3 rings (SSSR count). The molecule has 1 amide bonds. The van der Waals surface area contributed by atoms with Gasteiger partial charge in [0.25, 0.3) is 5.91 Å². The van der Waals surface area contributed by atoms with Crippen LogP contribution in [0.15, 0.2) is 66.9 Å². The third-order valence-corrected chi connectivity index (χ3v) is 4.05. The summed E-state index contributed by atoms with van der Waals surface area (Å²) in [5.74, 6) is 0.0994. The molecule has 0 unspecified atom stereocenters. The molecule has 0 fully saturated rings. The lowest BCUT2D eigenvalue weighted by Crippen LogP contribution is -2.13. The number of nitrogens with one attached hydrogen (secondary N) is 2. The average Bonchev–Trinajstić information content (AvgIpc) is 2.66. The van der Waals surface area contributed by atoms with Crippen LogP contribution in [0, 0.1) is 6.92 Å². The molecule has 0 saturated heterocycles. The Hall–Kier alpha value is -3.35. The number of halogens is 3. The smallest absolute Gasteiger partial charge is 0.366 e. The molecule has 1 heterocycles. The molecule has 28 heavy (non-hydrogen) atoms. The molecule has 2 N–H and O–H groups in total.